The monoisotopic (exact) mass is 272 g/mol. The summed E-state index contributed by atoms with van der Waals surface area (Å²) < 4.78 is 0. The number of nitriles is 1. The van der Waals surface area contributed by atoms with Gasteiger partial charge in [-0.3, -0.25) is 0 Å². The molecule has 0 unspecified atom stereocenters. The minimum absolute atomic E-state index is 0.108. The maximum absolute atomic E-state index is 8.85. The van der Waals surface area contributed by atoms with Crippen LogP contribution in [0.15, 0.2) is 12.3 Å². The Morgan fingerprint density at radius 2 is 1.60 bits per heavy atom. The highest BCUT2D eigenvalue weighted by molar-refractivity contribution is 5.07. The number of nitrogens with zero attached hydrogens (tertiary/aromatic N) is 2. The molecule has 20 heavy (non-hydrogen) atoms. The third-order valence-electron chi connectivity index (χ3n) is 5.86. The second-order valence-corrected chi connectivity index (χ2v) is 8.66. The molecule has 0 saturated heterocycles. The zero-order valence-electron chi connectivity index (χ0n) is 13.2. The lowest BCUT2D eigenvalue weighted by Gasteiger charge is -2.58. The van der Waals surface area contributed by atoms with Crippen molar-refractivity contribution in [1.29, 1.82) is 5.26 Å². The smallest absolute Gasteiger partial charge is 0.0927 e. The number of hydrogen-bond acceptors (Lipinski definition) is 2. The molecule has 4 fully saturated rings. The fraction of sp³-hybridized carbons (Fsp3) is 0.833. The Bertz CT molecular complexity index is 400. The quantitative estimate of drug-likeness (QED) is 0.715. The van der Waals surface area contributed by atoms with Gasteiger partial charge in [-0.25, -0.2) is 0 Å². The lowest BCUT2D eigenvalue weighted by molar-refractivity contribution is -0.0720. The van der Waals surface area contributed by atoms with Crippen LogP contribution in [0.5, 0.6) is 0 Å². The molecule has 4 bridgehead atoms. The molecule has 4 aliphatic rings. The molecule has 0 amide bonds. The molecule has 4 aliphatic carbocycles. The molecule has 110 valence electrons. The highest BCUT2D eigenvalue weighted by Gasteiger charge is 2.51. The standard InChI is InChI=1S/C18H28N2/c1-17(2,3)20(6-4-5-19)13-18-10-14-7-15(11-18)9-16(8-14)12-18/h4,6,14-16H,7-13H2,1-3H3/b6-4+. The fourth-order valence-electron chi connectivity index (χ4n) is 5.48. The molecule has 0 aromatic heterocycles. The van der Waals surface area contributed by atoms with Crippen LogP contribution < -0.4 is 0 Å². The van der Waals surface area contributed by atoms with Gasteiger partial charge in [0.1, 0.15) is 0 Å². The zero-order valence-corrected chi connectivity index (χ0v) is 13.2. The molecule has 0 N–H and O–H groups in total. The summed E-state index contributed by atoms with van der Waals surface area (Å²) >= 11 is 0. The van der Waals surface area contributed by atoms with E-state index in [1.54, 1.807) is 6.08 Å². The Morgan fingerprint density at radius 1 is 1.10 bits per heavy atom. The highest BCUT2D eigenvalue weighted by atomic mass is 15.2. The van der Waals surface area contributed by atoms with Crippen LogP contribution in [-0.2, 0) is 0 Å². The average molecular weight is 272 g/mol. The van der Waals surface area contributed by atoms with Crippen molar-refractivity contribution in [2.45, 2.75) is 64.8 Å². The third-order valence-corrected chi connectivity index (χ3v) is 5.86. The first kappa shape index (κ1) is 14.0. The lowest BCUT2D eigenvalue weighted by atomic mass is 9.49. The number of allylic oxidation sites excluding steroid dienone is 1. The van der Waals surface area contributed by atoms with Crippen molar-refractivity contribution < 1.29 is 0 Å². The van der Waals surface area contributed by atoms with Gasteiger partial charge in [0.05, 0.1) is 6.07 Å². The van der Waals surface area contributed by atoms with E-state index in [2.05, 4.69) is 31.7 Å². The van der Waals surface area contributed by atoms with Crippen LogP contribution in [-0.4, -0.2) is 17.0 Å². The van der Waals surface area contributed by atoms with E-state index in [-0.39, 0.29) is 5.54 Å². The predicted molar refractivity (Wildman–Crippen MR) is 81.8 cm³/mol. The topological polar surface area (TPSA) is 27.0 Å². The van der Waals surface area contributed by atoms with Gasteiger partial charge < -0.3 is 4.90 Å². The summed E-state index contributed by atoms with van der Waals surface area (Å²) in [6.07, 6.45) is 12.5. The van der Waals surface area contributed by atoms with Crippen LogP contribution >= 0.6 is 0 Å². The van der Waals surface area contributed by atoms with Crippen LogP contribution in [0, 0.1) is 34.5 Å². The summed E-state index contributed by atoms with van der Waals surface area (Å²) in [6.45, 7) is 7.93. The second kappa shape index (κ2) is 4.79. The van der Waals surface area contributed by atoms with E-state index in [0.717, 1.165) is 24.3 Å². The Balaban J connectivity index is 1.78. The molecule has 2 nitrogen and oxygen atoms in total. The van der Waals surface area contributed by atoms with Gasteiger partial charge in [-0.2, -0.15) is 5.26 Å². The van der Waals surface area contributed by atoms with Crippen molar-refractivity contribution in [1.82, 2.24) is 4.90 Å². The molecular weight excluding hydrogens is 244 g/mol. The molecule has 0 aliphatic heterocycles. The van der Waals surface area contributed by atoms with E-state index >= 15 is 0 Å². The number of hydrogen-bond donors (Lipinski definition) is 0. The molecule has 0 aromatic carbocycles. The summed E-state index contributed by atoms with van der Waals surface area (Å²) in [5.41, 5.74) is 0.651. The molecule has 0 radical (unpaired) electrons. The Labute approximate surface area is 123 Å². The van der Waals surface area contributed by atoms with Crippen molar-refractivity contribution in [2.24, 2.45) is 23.2 Å². The fourth-order valence-corrected chi connectivity index (χ4v) is 5.48. The van der Waals surface area contributed by atoms with Gasteiger partial charge in [-0.1, -0.05) is 0 Å². The molecule has 0 heterocycles. The van der Waals surface area contributed by atoms with Gasteiger partial charge in [-0.05, 0) is 82.5 Å². The minimum Gasteiger partial charge on any atom is -0.371 e. The van der Waals surface area contributed by atoms with Gasteiger partial charge in [-0.15, -0.1) is 0 Å². The Hall–Kier alpha value is -0.970. The molecular formula is C18H28N2. The maximum atomic E-state index is 8.85. The predicted octanol–water partition coefficient (Wildman–Crippen LogP) is 4.34. The molecule has 4 rings (SSSR count). The van der Waals surface area contributed by atoms with Gasteiger partial charge in [0.25, 0.3) is 0 Å². The largest absolute Gasteiger partial charge is 0.371 e. The van der Waals surface area contributed by atoms with Crippen molar-refractivity contribution in [2.75, 3.05) is 6.54 Å². The summed E-state index contributed by atoms with van der Waals surface area (Å²) in [5, 5.41) is 8.85. The normalized spacial score (nSPS) is 39.2. The SMILES string of the molecule is CC(C)(C)N(/C=C/C#N)CC12CC3CC(CC(C3)C1)C2. The molecule has 4 saturated carbocycles. The van der Waals surface area contributed by atoms with E-state index in [1.807, 2.05) is 6.20 Å². The zero-order chi connectivity index (χ0) is 14.4. The van der Waals surface area contributed by atoms with E-state index in [1.165, 1.54) is 38.5 Å². The Kier molecular flexibility index (Phi) is 3.35. The third kappa shape index (κ3) is 2.60. The first-order valence-corrected chi connectivity index (χ1v) is 8.23. The van der Waals surface area contributed by atoms with Gasteiger partial charge in [0.2, 0.25) is 0 Å². The van der Waals surface area contributed by atoms with Crippen molar-refractivity contribution in [3.63, 3.8) is 0 Å². The van der Waals surface area contributed by atoms with Gasteiger partial charge in [0, 0.05) is 24.4 Å². The van der Waals surface area contributed by atoms with Crippen molar-refractivity contribution in [3.05, 3.63) is 12.3 Å². The summed E-state index contributed by atoms with van der Waals surface area (Å²) in [5.74, 6) is 3.01. The number of rotatable bonds is 3. The van der Waals surface area contributed by atoms with E-state index in [4.69, 9.17) is 5.26 Å². The van der Waals surface area contributed by atoms with Gasteiger partial charge in [0.15, 0.2) is 0 Å². The van der Waals surface area contributed by atoms with Crippen LogP contribution in [0.1, 0.15) is 59.3 Å². The van der Waals surface area contributed by atoms with E-state index < -0.39 is 0 Å². The van der Waals surface area contributed by atoms with E-state index in [0.29, 0.717) is 5.41 Å². The van der Waals surface area contributed by atoms with Crippen molar-refractivity contribution in [3.8, 4) is 6.07 Å². The summed E-state index contributed by atoms with van der Waals surface area (Å²) in [6, 6.07) is 2.16. The van der Waals surface area contributed by atoms with Gasteiger partial charge >= 0.3 is 0 Å². The first-order valence-electron chi connectivity index (χ1n) is 8.23. The summed E-state index contributed by atoms with van der Waals surface area (Å²) in [4.78, 5) is 2.42. The maximum Gasteiger partial charge on any atom is 0.0927 e. The molecule has 0 aromatic rings. The van der Waals surface area contributed by atoms with Crippen LogP contribution in [0.4, 0.5) is 0 Å². The second-order valence-electron chi connectivity index (χ2n) is 8.66. The van der Waals surface area contributed by atoms with E-state index in [9.17, 15) is 0 Å². The van der Waals surface area contributed by atoms with Crippen LogP contribution in [0.25, 0.3) is 0 Å². The summed E-state index contributed by atoms with van der Waals surface area (Å²) in [7, 11) is 0. The molecule has 2 heteroatoms. The van der Waals surface area contributed by atoms with Crippen LogP contribution in [0.2, 0.25) is 0 Å². The first-order chi connectivity index (χ1) is 9.40. The Morgan fingerprint density at radius 3 is 2.00 bits per heavy atom. The highest BCUT2D eigenvalue weighted by Crippen LogP contribution is 2.60. The molecule has 0 atom stereocenters. The lowest BCUT2D eigenvalue weighted by Crippen LogP contribution is -2.53. The average Bonchev–Trinajstić information content (AvgIpc) is 2.31. The van der Waals surface area contributed by atoms with Crippen LogP contribution in [0.3, 0.4) is 0 Å². The van der Waals surface area contributed by atoms with Crippen molar-refractivity contribution >= 4 is 0 Å². The minimum atomic E-state index is 0.108. The molecule has 0 spiro atoms.